The number of aryl methyl sites for hydroxylation is 1. The number of ether oxygens (including phenoxy) is 1. The van der Waals surface area contributed by atoms with Gasteiger partial charge in [0, 0.05) is 57.1 Å². The Bertz CT molecular complexity index is 666. The third kappa shape index (κ3) is 3.87. The third-order valence-electron chi connectivity index (χ3n) is 4.77. The lowest BCUT2D eigenvalue weighted by Crippen LogP contribution is -2.49. The van der Waals surface area contributed by atoms with Crippen LogP contribution in [0.5, 0.6) is 0 Å². The minimum absolute atomic E-state index is 0.160. The van der Waals surface area contributed by atoms with E-state index in [1.807, 2.05) is 13.0 Å². The van der Waals surface area contributed by atoms with Crippen molar-refractivity contribution in [2.24, 2.45) is 0 Å². The van der Waals surface area contributed by atoms with Gasteiger partial charge in [-0.1, -0.05) is 0 Å². The van der Waals surface area contributed by atoms with Gasteiger partial charge in [-0.3, -0.25) is 0 Å². The topological polar surface area (TPSA) is 75.6 Å². The van der Waals surface area contributed by atoms with Crippen molar-refractivity contribution in [2.45, 2.75) is 32.6 Å². The number of hydrogen-bond acceptors (Lipinski definition) is 6. The standard InChI is InChI=1S/C16H26N4O3S/c1-3-24(21,22)20-8-6-19(7-9-20)15-12-13(2)17-16(18-15)14-4-10-23-11-5-14/h12,14H,3-11H2,1-2H3. The van der Waals surface area contributed by atoms with Crippen molar-refractivity contribution in [3.05, 3.63) is 17.6 Å². The van der Waals surface area contributed by atoms with Crippen LogP contribution in [-0.2, 0) is 14.8 Å². The predicted octanol–water partition coefficient (Wildman–Crippen LogP) is 1.15. The maximum Gasteiger partial charge on any atom is 0.213 e. The Balaban J connectivity index is 1.72. The molecule has 0 bridgehead atoms. The molecule has 3 rings (SSSR count). The van der Waals surface area contributed by atoms with E-state index in [0.29, 0.717) is 32.1 Å². The molecule has 0 spiro atoms. The minimum atomic E-state index is -3.10. The second-order valence-corrected chi connectivity index (χ2v) is 8.66. The lowest BCUT2D eigenvalue weighted by atomic mass is 9.99. The van der Waals surface area contributed by atoms with Crippen LogP contribution in [0, 0.1) is 6.92 Å². The Morgan fingerprint density at radius 1 is 1.17 bits per heavy atom. The fraction of sp³-hybridized carbons (Fsp3) is 0.750. The van der Waals surface area contributed by atoms with Gasteiger partial charge in [-0.25, -0.2) is 18.4 Å². The van der Waals surface area contributed by atoms with Gasteiger partial charge in [0.1, 0.15) is 11.6 Å². The van der Waals surface area contributed by atoms with Gasteiger partial charge in [0.15, 0.2) is 0 Å². The summed E-state index contributed by atoms with van der Waals surface area (Å²) in [5.41, 5.74) is 0.963. The van der Waals surface area contributed by atoms with Gasteiger partial charge in [0.05, 0.1) is 5.75 Å². The highest BCUT2D eigenvalue weighted by Gasteiger charge is 2.27. The SMILES string of the molecule is CCS(=O)(=O)N1CCN(c2cc(C)nc(C3CCOCC3)n2)CC1. The molecule has 0 aliphatic carbocycles. The summed E-state index contributed by atoms with van der Waals surface area (Å²) < 4.78 is 31.0. The van der Waals surface area contributed by atoms with Gasteiger partial charge >= 0.3 is 0 Å². The lowest BCUT2D eigenvalue weighted by molar-refractivity contribution is 0.0835. The zero-order valence-corrected chi connectivity index (χ0v) is 15.3. The number of aromatic nitrogens is 2. The highest BCUT2D eigenvalue weighted by atomic mass is 32.2. The molecular formula is C16H26N4O3S. The molecule has 2 aliphatic heterocycles. The Morgan fingerprint density at radius 2 is 1.83 bits per heavy atom. The summed E-state index contributed by atoms with van der Waals surface area (Å²) in [5.74, 6) is 2.33. The molecule has 0 radical (unpaired) electrons. The Hall–Kier alpha value is -1.25. The largest absolute Gasteiger partial charge is 0.381 e. The van der Waals surface area contributed by atoms with Crippen molar-refractivity contribution >= 4 is 15.8 Å². The van der Waals surface area contributed by atoms with Gasteiger partial charge < -0.3 is 9.64 Å². The van der Waals surface area contributed by atoms with Gasteiger partial charge in [0.25, 0.3) is 0 Å². The molecular weight excluding hydrogens is 328 g/mol. The molecule has 0 amide bonds. The molecule has 0 N–H and O–H groups in total. The molecule has 2 fully saturated rings. The van der Waals surface area contributed by atoms with E-state index < -0.39 is 10.0 Å². The van der Waals surface area contributed by atoms with Crippen LogP contribution in [0.2, 0.25) is 0 Å². The molecule has 7 nitrogen and oxygen atoms in total. The average Bonchev–Trinajstić information content (AvgIpc) is 2.62. The molecule has 2 saturated heterocycles. The maximum atomic E-state index is 12.0. The van der Waals surface area contributed by atoms with Crippen molar-refractivity contribution in [3.8, 4) is 0 Å². The summed E-state index contributed by atoms with van der Waals surface area (Å²) in [7, 11) is -3.10. The Labute approximate surface area is 144 Å². The van der Waals surface area contributed by atoms with Crippen molar-refractivity contribution < 1.29 is 13.2 Å². The Kier molecular flexibility index (Phi) is 5.36. The van der Waals surface area contributed by atoms with Crippen molar-refractivity contribution in [3.63, 3.8) is 0 Å². The second-order valence-electron chi connectivity index (χ2n) is 6.40. The summed E-state index contributed by atoms with van der Waals surface area (Å²) in [5, 5.41) is 0. The highest BCUT2D eigenvalue weighted by molar-refractivity contribution is 7.89. The summed E-state index contributed by atoms with van der Waals surface area (Å²) in [6.45, 7) is 7.60. The summed E-state index contributed by atoms with van der Waals surface area (Å²) in [6.07, 6.45) is 1.93. The first-order valence-electron chi connectivity index (χ1n) is 8.65. The minimum Gasteiger partial charge on any atom is -0.381 e. The van der Waals surface area contributed by atoms with E-state index in [2.05, 4.69) is 9.88 Å². The van der Waals surface area contributed by atoms with E-state index in [-0.39, 0.29) is 5.75 Å². The number of sulfonamides is 1. The van der Waals surface area contributed by atoms with E-state index in [4.69, 9.17) is 9.72 Å². The summed E-state index contributed by atoms with van der Waals surface area (Å²) >= 11 is 0. The van der Waals surface area contributed by atoms with Crippen LogP contribution in [0.15, 0.2) is 6.07 Å². The average molecular weight is 354 g/mol. The smallest absolute Gasteiger partial charge is 0.213 e. The third-order valence-corrected chi connectivity index (χ3v) is 6.65. The predicted molar refractivity (Wildman–Crippen MR) is 92.8 cm³/mol. The number of rotatable bonds is 4. The molecule has 0 aromatic carbocycles. The van der Waals surface area contributed by atoms with Crippen LogP contribution < -0.4 is 4.90 Å². The van der Waals surface area contributed by atoms with E-state index in [9.17, 15) is 8.42 Å². The highest BCUT2D eigenvalue weighted by Crippen LogP contribution is 2.26. The van der Waals surface area contributed by atoms with Crippen LogP contribution in [0.25, 0.3) is 0 Å². The second kappa shape index (κ2) is 7.33. The number of hydrogen-bond donors (Lipinski definition) is 0. The quantitative estimate of drug-likeness (QED) is 0.807. The molecule has 3 heterocycles. The zero-order chi connectivity index (χ0) is 17.2. The number of anilines is 1. The van der Waals surface area contributed by atoms with E-state index in [1.165, 1.54) is 0 Å². The maximum absolute atomic E-state index is 12.0. The first-order valence-corrected chi connectivity index (χ1v) is 10.3. The molecule has 1 aromatic rings. The molecule has 8 heteroatoms. The molecule has 0 saturated carbocycles. The molecule has 0 atom stereocenters. The summed E-state index contributed by atoms with van der Waals surface area (Å²) in [4.78, 5) is 11.6. The van der Waals surface area contributed by atoms with E-state index in [1.54, 1.807) is 11.2 Å². The fourth-order valence-corrected chi connectivity index (χ4v) is 4.34. The molecule has 24 heavy (non-hydrogen) atoms. The van der Waals surface area contributed by atoms with Crippen molar-refractivity contribution in [2.75, 3.05) is 50.0 Å². The number of piperazine rings is 1. The van der Waals surface area contributed by atoms with Gasteiger partial charge in [-0.2, -0.15) is 4.31 Å². The number of nitrogens with zero attached hydrogens (tertiary/aromatic N) is 4. The van der Waals surface area contributed by atoms with Crippen LogP contribution >= 0.6 is 0 Å². The molecule has 1 aromatic heterocycles. The Morgan fingerprint density at radius 3 is 2.46 bits per heavy atom. The van der Waals surface area contributed by atoms with E-state index >= 15 is 0 Å². The first kappa shape index (κ1) is 17.6. The van der Waals surface area contributed by atoms with Gasteiger partial charge in [-0.05, 0) is 26.7 Å². The molecule has 134 valence electrons. The van der Waals surface area contributed by atoms with Gasteiger partial charge in [0.2, 0.25) is 10.0 Å². The van der Waals surface area contributed by atoms with E-state index in [0.717, 1.165) is 43.4 Å². The van der Waals surface area contributed by atoms with Crippen LogP contribution in [0.1, 0.15) is 37.2 Å². The zero-order valence-electron chi connectivity index (χ0n) is 14.4. The van der Waals surface area contributed by atoms with Crippen molar-refractivity contribution in [1.29, 1.82) is 0 Å². The lowest BCUT2D eigenvalue weighted by Gasteiger charge is -2.35. The normalized spacial score (nSPS) is 21.2. The van der Waals surface area contributed by atoms with Crippen LogP contribution in [0.3, 0.4) is 0 Å². The monoisotopic (exact) mass is 354 g/mol. The van der Waals surface area contributed by atoms with Gasteiger partial charge in [-0.15, -0.1) is 0 Å². The first-order chi connectivity index (χ1) is 11.5. The van der Waals surface area contributed by atoms with Crippen LogP contribution in [-0.4, -0.2) is 67.8 Å². The van der Waals surface area contributed by atoms with Crippen LogP contribution in [0.4, 0.5) is 5.82 Å². The summed E-state index contributed by atoms with van der Waals surface area (Å²) in [6, 6.07) is 1.99. The molecule has 0 unspecified atom stereocenters. The fourth-order valence-electron chi connectivity index (χ4n) is 3.25. The van der Waals surface area contributed by atoms with Crippen molar-refractivity contribution in [1.82, 2.24) is 14.3 Å². The molecule has 2 aliphatic rings.